The first kappa shape index (κ1) is 27.6. The molecule has 5 nitrogen and oxygen atoms in total. The third-order valence-corrected chi connectivity index (χ3v) is 8.87. The highest BCUT2D eigenvalue weighted by Gasteiger charge is 2.31. The summed E-state index contributed by atoms with van der Waals surface area (Å²) in [7, 11) is 0. The Morgan fingerprint density at radius 3 is 2.41 bits per heavy atom. The molecule has 1 N–H and O–H groups in total. The average Bonchev–Trinajstić information content (AvgIpc) is 3.34. The van der Waals surface area contributed by atoms with Gasteiger partial charge in [0.1, 0.15) is 6.61 Å². The summed E-state index contributed by atoms with van der Waals surface area (Å²) in [6.07, 6.45) is 11.9. The van der Waals surface area contributed by atoms with Crippen LogP contribution in [0.5, 0.6) is 0 Å². The monoisotopic (exact) mass is 494 g/mol. The molecule has 0 aromatic carbocycles. The molecule has 3 atom stereocenters. The van der Waals surface area contributed by atoms with E-state index < -0.39 is 0 Å². The number of hydrogen-bond acceptors (Lipinski definition) is 6. The van der Waals surface area contributed by atoms with Crippen LogP contribution < -0.4 is 0 Å². The summed E-state index contributed by atoms with van der Waals surface area (Å²) in [5.74, 6) is 2.96. The van der Waals surface area contributed by atoms with Crippen LogP contribution in [0.4, 0.5) is 0 Å². The SMILES string of the molecule is CCC(CC(C)C1CCC(O)CC1)C1CCC(OC(C)OCCOC(=O)Cc2ccsc2)CC1. The second-order valence-electron chi connectivity index (χ2n) is 10.6. The highest BCUT2D eigenvalue weighted by atomic mass is 32.1. The lowest BCUT2D eigenvalue weighted by atomic mass is 9.70. The van der Waals surface area contributed by atoms with Crippen LogP contribution in [0.1, 0.15) is 90.5 Å². The molecule has 2 saturated carbocycles. The minimum Gasteiger partial charge on any atom is -0.463 e. The van der Waals surface area contributed by atoms with Crippen molar-refractivity contribution in [2.24, 2.45) is 23.7 Å². The molecule has 0 radical (unpaired) electrons. The number of carbonyl (C=O) groups excluding carboxylic acids is 1. The fraction of sp³-hybridized carbons (Fsp3) is 0.821. The van der Waals surface area contributed by atoms with E-state index in [0.29, 0.717) is 13.0 Å². The zero-order valence-electron chi connectivity index (χ0n) is 21.5. The fourth-order valence-electron chi connectivity index (χ4n) is 6.02. The van der Waals surface area contributed by atoms with Crippen molar-refractivity contribution in [1.82, 2.24) is 0 Å². The number of esters is 1. The molecule has 1 heterocycles. The van der Waals surface area contributed by atoms with E-state index in [1.54, 1.807) is 11.3 Å². The van der Waals surface area contributed by atoms with Crippen molar-refractivity contribution in [1.29, 1.82) is 0 Å². The lowest BCUT2D eigenvalue weighted by molar-refractivity contribution is -0.178. The Balaban J connectivity index is 1.28. The highest BCUT2D eigenvalue weighted by molar-refractivity contribution is 7.07. The van der Waals surface area contributed by atoms with E-state index in [0.717, 1.165) is 54.9 Å². The van der Waals surface area contributed by atoms with Crippen LogP contribution >= 0.6 is 11.3 Å². The number of rotatable bonds is 13. The fourth-order valence-corrected chi connectivity index (χ4v) is 6.69. The van der Waals surface area contributed by atoms with Gasteiger partial charge in [0, 0.05) is 0 Å². The summed E-state index contributed by atoms with van der Waals surface area (Å²) < 4.78 is 17.1. The maximum Gasteiger partial charge on any atom is 0.310 e. The van der Waals surface area contributed by atoms with Gasteiger partial charge < -0.3 is 19.3 Å². The Labute approximate surface area is 210 Å². The van der Waals surface area contributed by atoms with Crippen LogP contribution in [0, 0.1) is 23.7 Å². The minimum atomic E-state index is -0.277. The third-order valence-electron chi connectivity index (χ3n) is 8.14. The second-order valence-corrected chi connectivity index (χ2v) is 11.4. The molecule has 1 aromatic rings. The van der Waals surface area contributed by atoms with Crippen molar-refractivity contribution in [3.8, 4) is 0 Å². The van der Waals surface area contributed by atoms with Crippen molar-refractivity contribution in [2.75, 3.05) is 13.2 Å². The van der Waals surface area contributed by atoms with Gasteiger partial charge in [-0.25, -0.2) is 0 Å². The molecule has 0 amide bonds. The Morgan fingerprint density at radius 2 is 1.76 bits per heavy atom. The van der Waals surface area contributed by atoms with Gasteiger partial charge in [-0.3, -0.25) is 4.79 Å². The molecule has 6 heteroatoms. The van der Waals surface area contributed by atoms with Gasteiger partial charge >= 0.3 is 5.97 Å². The van der Waals surface area contributed by atoms with Crippen LogP contribution in [0.3, 0.4) is 0 Å². The standard InChI is InChI=1S/C28H46O5S/c1-4-23(17-20(2)24-5-9-26(29)10-6-24)25-7-11-27(12-8-25)33-21(3)31-14-15-32-28(30)18-22-13-16-34-19-22/h13,16,19-21,23-27,29H,4-12,14-15,17-18H2,1-3H3. The van der Waals surface area contributed by atoms with E-state index in [1.165, 1.54) is 38.5 Å². The molecule has 1 aromatic heterocycles. The van der Waals surface area contributed by atoms with Crippen LogP contribution in [-0.4, -0.2) is 42.8 Å². The van der Waals surface area contributed by atoms with Gasteiger partial charge in [-0.1, -0.05) is 20.3 Å². The molecular formula is C28H46O5S. The topological polar surface area (TPSA) is 65.0 Å². The zero-order chi connectivity index (χ0) is 24.3. The number of ether oxygens (including phenoxy) is 3. The minimum absolute atomic E-state index is 0.0570. The van der Waals surface area contributed by atoms with Crippen molar-refractivity contribution in [3.63, 3.8) is 0 Å². The Hall–Kier alpha value is -0.950. The first-order valence-electron chi connectivity index (χ1n) is 13.6. The third kappa shape index (κ3) is 9.25. The van der Waals surface area contributed by atoms with Gasteiger partial charge in [-0.15, -0.1) is 0 Å². The lowest BCUT2D eigenvalue weighted by Gasteiger charge is -2.37. The highest BCUT2D eigenvalue weighted by Crippen LogP contribution is 2.40. The molecule has 194 valence electrons. The number of aliphatic hydroxyl groups is 1. The molecule has 2 aliphatic carbocycles. The number of hydrogen-bond donors (Lipinski definition) is 1. The predicted octanol–water partition coefficient (Wildman–Crippen LogP) is 6.38. The molecule has 0 spiro atoms. The van der Waals surface area contributed by atoms with Crippen molar-refractivity contribution in [3.05, 3.63) is 22.4 Å². The smallest absolute Gasteiger partial charge is 0.310 e. The molecule has 0 aliphatic heterocycles. The van der Waals surface area contributed by atoms with E-state index in [1.807, 2.05) is 23.8 Å². The second kappa shape index (κ2) is 14.6. The largest absolute Gasteiger partial charge is 0.463 e. The number of carbonyl (C=O) groups is 1. The summed E-state index contributed by atoms with van der Waals surface area (Å²) in [6.45, 7) is 7.36. The average molecular weight is 495 g/mol. The van der Waals surface area contributed by atoms with Gasteiger partial charge in [-0.2, -0.15) is 11.3 Å². The summed E-state index contributed by atoms with van der Waals surface area (Å²) in [5.41, 5.74) is 0.997. The molecule has 0 bridgehead atoms. The summed E-state index contributed by atoms with van der Waals surface area (Å²) in [4.78, 5) is 11.8. The molecule has 2 fully saturated rings. The molecular weight excluding hydrogens is 448 g/mol. The molecule has 0 saturated heterocycles. The van der Waals surface area contributed by atoms with E-state index in [-0.39, 0.29) is 31.1 Å². The van der Waals surface area contributed by atoms with Crippen molar-refractivity contribution >= 4 is 17.3 Å². The van der Waals surface area contributed by atoms with Crippen molar-refractivity contribution < 1.29 is 24.1 Å². The van der Waals surface area contributed by atoms with Crippen LogP contribution in [0.2, 0.25) is 0 Å². The van der Waals surface area contributed by atoms with Crippen molar-refractivity contribution in [2.45, 2.75) is 110 Å². The molecule has 34 heavy (non-hydrogen) atoms. The summed E-state index contributed by atoms with van der Waals surface area (Å²) in [6, 6.07) is 1.94. The normalized spacial score (nSPS) is 28.2. The molecule has 3 rings (SSSR count). The lowest BCUT2D eigenvalue weighted by Crippen LogP contribution is -2.31. The van der Waals surface area contributed by atoms with E-state index in [4.69, 9.17) is 14.2 Å². The maximum absolute atomic E-state index is 11.8. The van der Waals surface area contributed by atoms with Gasteiger partial charge in [-0.05, 0) is 111 Å². The predicted molar refractivity (Wildman–Crippen MR) is 137 cm³/mol. The zero-order valence-corrected chi connectivity index (χ0v) is 22.3. The first-order chi connectivity index (χ1) is 16.4. The maximum atomic E-state index is 11.8. The van der Waals surface area contributed by atoms with Crippen LogP contribution in [-0.2, 0) is 25.4 Å². The Bertz CT molecular complexity index is 677. The van der Waals surface area contributed by atoms with Gasteiger partial charge in [0.2, 0.25) is 0 Å². The molecule has 3 unspecified atom stereocenters. The molecule has 2 aliphatic rings. The van der Waals surface area contributed by atoms with Crippen LogP contribution in [0.25, 0.3) is 0 Å². The van der Waals surface area contributed by atoms with Gasteiger partial charge in [0.15, 0.2) is 6.29 Å². The van der Waals surface area contributed by atoms with Gasteiger partial charge in [0.05, 0.1) is 25.2 Å². The van der Waals surface area contributed by atoms with E-state index in [9.17, 15) is 9.90 Å². The van der Waals surface area contributed by atoms with Gasteiger partial charge in [0.25, 0.3) is 0 Å². The quantitative estimate of drug-likeness (QED) is 0.196. The first-order valence-corrected chi connectivity index (χ1v) is 14.5. The summed E-state index contributed by atoms with van der Waals surface area (Å²) >= 11 is 1.58. The number of thiophene rings is 1. The Kier molecular flexibility index (Phi) is 11.8. The van der Waals surface area contributed by atoms with E-state index in [2.05, 4.69) is 13.8 Å². The Morgan fingerprint density at radius 1 is 1.06 bits per heavy atom. The summed E-state index contributed by atoms with van der Waals surface area (Å²) in [5, 5.41) is 13.7. The number of aliphatic hydroxyl groups excluding tert-OH is 1. The van der Waals surface area contributed by atoms with Crippen LogP contribution in [0.15, 0.2) is 16.8 Å². The van der Waals surface area contributed by atoms with E-state index >= 15 is 0 Å².